The molecular formula is C9H18Br2S. The minimum atomic E-state index is 0.496. The van der Waals surface area contributed by atoms with E-state index in [1.165, 1.54) is 25.0 Å². The molecule has 0 radical (unpaired) electrons. The molecule has 0 nitrogen and oxygen atoms in total. The van der Waals surface area contributed by atoms with Crippen LogP contribution >= 0.6 is 43.6 Å². The smallest absolute Gasteiger partial charge is 0.00958 e. The van der Waals surface area contributed by atoms with Crippen LogP contribution in [0.4, 0.5) is 0 Å². The Balaban J connectivity index is 3.76. The lowest BCUT2D eigenvalue weighted by Crippen LogP contribution is -2.23. The average Bonchev–Trinajstić information content (AvgIpc) is 2.14. The van der Waals surface area contributed by atoms with E-state index in [4.69, 9.17) is 0 Å². The van der Waals surface area contributed by atoms with Gasteiger partial charge >= 0.3 is 0 Å². The van der Waals surface area contributed by atoms with Crippen LogP contribution in [-0.4, -0.2) is 22.7 Å². The van der Waals surface area contributed by atoms with Crippen LogP contribution in [-0.2, 0) is 0 Å². The lowest BCUT2D eigenvalue weighted by atomic mass is 9.85. The van der Waals surface area contributed by atoms with Crippen LogP contribution in [0.25, 0.3) is 0 Å². The zero-order valence-corrected chi connectivity index (χ0v) is 11.9. The first-order valence-electron chi connectivity index (χ1n) is 4.35. The Kier molecular flexibility index (Phi) is 8.53. The van der Waals surface area contributed by atoms with Crippen LogP contribution < -0.4 is 0 Å². The van der Waals surface area contributed by atoms with E-state index in [0.29, 0.717) is 5.41 Å². The van der Waals surface area contributed by atoms with Crippen molar-refractivity contribution >= 4 is 43.6 Å². The summed E-state index contributed by atoms with van der Waals surface area (Å²) in [4.78, 5) is 0. The predicted molar refractivity (Wildman–Crippen MR) is 67.9 cm³/mol. The van der Waals surface area contributed by atoms with Crippen molar-refractivity contribution in [2.75, 3.05) is 22.7 Å². The van der Waals surface area contributed by atoms with E-state index in [1.54, 1.807) is 0 Å². The average molecular weight is 318 g/mol. The zero-order chi connectivity index (χ0) is 9.45. The van der Waals surface area contributed by atoms with Crippen molar-refractivity contribution in [1.82, 2.24) is 0 Å². The molecule has 0 rings (SSSR count). The van der Waals surface area contributed by atoms with Crippen LogP contribution in [0.15, 0.2) is 0 Å². The second-order valence-corrected chi connectivity index (χ2v) is 5.32. The maximum absolute atomic E-state index is 3.61. The van der Waals surface area contributed by atoms with Crippen molar-refractivity contribution in [2.45, 2.75) is 26.2 Å². The van der Waals surface area contributed by atoms with Crippen LogP contribution in [0.2, 0.25) is 0 Å². The molecule has 0 heterocycles. The minimum Gasteiger partial charge on any atom is -0.165 e. The molecule has 0 saturated carbocycles. The molecule has 0 aliphatic carbocycles. The molecule has 0 unspecified atom stereocenters. The number of alkyl halides is 2. The van der Waals surface area contributed by atoms with E-state index in [-0.39, 0.29) is 0 Å². The molecule has 0 aromatic heterocycles. The Bertz CT molecular complexity index is 94.4. The molecule has 0 saturated heterocycles. The second-order valence-electron chi connectivity index (χ2n) is 3.22. The highest BCUT2D eigenvalue weighted by molar-refractivity contribution is 9.09. The summed E-state index contributed by atoms with van der Waals surface area (Å²) in [5, 5.41) is 2.24. The molecule has 0 amide bonds. The van der Waals surface area contributed by atoms with Gasteiger partial charge < -0.3 is 0 Å². The molecular weight excluding hydrogens is 300 g/mol. The van der Waals surface area contributed by atoms with Gasteiger partial charge in [-0.25, -0.2) is 0 Å². The van der Waals surface area contributed by atoms with E-state index >= 15 is 0 Å². The lowest BCUT2D eigenvalue weighted by Gasteiger charge is -2.28. The van der Waals surface area contributed by atoms with E-state index in [9.17, 15) is 0 Å². The monoisotopic (exact) mass is 316 g/mol. The van der Waals surface area contributed by atoms with Gasteiger partial charge in [-0.3, -0.25) is 0 Å². The van der Waals surface area contributed by atoms with Crippen molar-refractivity contribution in [3.63, 3.8) is 0 Å². The summed E-state index contributed by atoms with van der Waals surface area (Å²) in [5.41, 5.74) is 0.496. The van der Waals surface area contributed by atoms with Gasteiger partial charge in [-0.1, -0.05) is 38.8 Å². The molecule has 0 aromatic carbocycles. The van der Waals surface area contributed by atoms with Gasteiger partial charge in [0.25, 0.3) is 0 Å². The van der Waals surface area contributed by atoms with Crippen molar-refractivity contribution in [2.24, 2.45) is 5.41 Å². The third-order valence-electron chi connectivity index (χ3n) is 2.37. The summed E-state index contributed by atoms with van der Waals surface area (Å²) in [6.45, 7) is 2.28. The molecule has 74 valence electrons. The molecule has 3 heteroatoms. The summed E-state index contributed by atoms with van der Waals surface area (Å²) in [5.74, 6) is 1.29. The predicted octanol–water partition coefficient (Wildman–Crippen LogP) is 4.32. The molecule has 0 aromatic rings. The van der Waals surface area contributed by atoms with Crippen molar-refractivity contribution in [3.05, 3.63) is 0 Å². The summed E-state index contributed by atoms with van der Waals surface area (Å²) >= 11 is 9.16. The van der Waals surface area contributed by atoms with Crippen molar-refractivity contribution in [1.29, 1.82) is 0 Å². The third kappa shape index (κ3) is 4.52. The minimum absolute atomic E-state index is 0.496. The van der Waals surface area contributed by atoms with Crippen molar-refractivity contribution < 1.29 is 0 Å². The van der Waals surface area contributed by atoms with Crippen LogP contribution in [0.3, 0.4) is 0 Å². The van der Waals surface area contributed by atoms with Crippen molar-refractivity contribution in [3.8, 4) is 0 Å². The Morgan fingerprint density at radius 1 is 1.25 bits per heavy atom. The molecule has 12 heavy (non-hydrogen) atoms. The quantitative estimate of drug-likeness (QED) is 0.498. The van der Waals surface area contributed by atoms with Gasteiger partial charge in [-0.05, 0) is 36.7 Å². The maximum Gasteiger partial charge on any atom is 0.00958 e. The first-order valence-corrected chi connectivity index (χ1v) is 7.99. The highest BCUT2D eigenvalue weighted by Crippen LogP contribution is 2.32. The van der Waals surface area contributed by atoms with Gasteiger partial charge in [0, 0.05) is 10.7 Å². The first-order chi connectivity index (χ1) is 5.74. The van der Waals surface area contributed by atoms with E-state index in [2.05, 4.69) is 45.0 Å². The maximum atomic E-state index is 3.61. The van der Waals surface area contributed by atoms with Gasteiger partial charge in [-0.15, -0.1) is 0 Å². The van der Waals surface area contributed by atoms with E-state index in [1.807, 2.05) is 11.8 Å². The fourth-order valence-corrected chi connectivity index (χ4v) is 3.84. The highest BCUT2D eigenvalue weighted by atomic mass is 79.9. The Morgan fingerprint density at radius 3 is 2.17 bits per heavy atom. The number of hydrogen-bond donors (Lipinski definition) is 0. The molecule has 0 spiro atoms. The van der Waals surface area contributed by atoms with E-state index < -0.39 is 0 Å². The molecule has 0 aliphatic rings. The third-order valence-corrected chi connectivity index (χ3v) is 5.45. The fourth-order valence-electron chi connectivity index (χ4n) is 1.13. The SMILES string of the molecule is CCC(CBr)(CBr)CCCSC. The second kappa shape index (κ2) is 7.69. The topological polar surface area (TPSA) is 0 Å². The van der Waals surface area contributed by atoms with Crippen LogP contribution in [0.5, 0.6) is 0 Å². The molecule has 0 aliphatic heterocycles. The highest BCUT2D eigenvalue weighted by Gasteiger charge is 2.24. The van der Waals surface area contributed by atoms with Gasteiger partial charge in [0.05, 0.1) is 0 Å². The summed E-state index contributed by atoms with van der Waals surface area (Å²) in [6, 6.07) is 0. The molecule has 0 fully saturated rings. The number of thioether (sulfide) groups is 1. The normalized spacial score (nSPS) is 12.0. The van der Waals surface area contributed by atoms with Gasteiger partial charge in [0.2, 0.25) is 0 Å². The fraction of sp³-hybridized carbons (Fsp3) is 1.00. The summed E-state index contributed by atoms with van der Waals surface area (Å²) in [6.07, 6.45) is 6.11. The molecule has 0 N–H and O–H groups in total. The Labute approximate surface area is 97.5 Å². The molecule has 0 atom stereocenters. The summed E-state index contributed by atoms with van der Waals surface area (Å²) < 4.78 is 0. The number of rotatable bonds is 7. The number of hydrogen-bond acceptors (Lipinski definition) is 1. The van der Waals surface area contributed by atoms with Crippen LogP contribution in [0.1, 0.15) is 26.2 Å². The van der Waals surface area contributed by atoms with E-state index in [0.717, 1.165) is 10.7 Å². The van der Waals surface area contributed by atoms with Gasteiger partial charge in [0.15, 0.2) is 0 Å². The van der Waals surface area contributed by atoms with Gasteiger partial charge in [-0.2, -0.15) is 11.8 Å². The van der Waals surface area contributed by atoms with Gasteiger partial charge in [0.1, 0.15) is 0 Å². The molecule has 0 bridgehead atoms. The Hall–Kier alpha value is 1.31. The largest absolute Gasteiger partial charge is 0.165 e. The summed E-state index contributed by atoms with van der Waals surface area (Å²) in [7, 11) is 0. The Morgan fingerprint density at radius 2 is 1.83 bits per heavy atom. The zero-order valence-electron chi connectivity index (χ0n) is 7.91. The lowest BCUT2D eigenvalue weighted by molar-refractivity contribution is 0.342. The first kappa shape index (κ1) is 13.3. The number of halogens is 2. The standard InChI is InChI=1S/C9H18Br2S/c1-3-9(7-10,8-11)5-4-6-12-2/h3-8H2,1-2H3. The van der Waals surface area contributed by atoms with Crippen LogP contribution in [0, 0.1) is 5.41 Å².